The summed E-state index contributed by atoms with van der Waals surface area (Å²) < 4.78 is 6.89. The largest absolute Gasteiger partial charge is 0.354 e. The van der Waals surface area contributed by atoms with Crippen LogP contribution in [-0.2, 0) is 18.3 Å². The van der Waals surface area contributed by atoms with Crippen LogP contribution in [0, 0.1) is 0 Å². The van der Waals surface area contributed by atoms with Gasteiger partial charge in [0.2, 0.25) is 17.6 Å². The average Bonchev–Trinajstić information content (AvgIpc) is 3.26. The number of carbonyl (C=O) groups is 1. The number of benzene rings is 1. The van der Waals surface area contributed by atoms with Gasteiger partial charge >= 0.3 is 0 Å². The van der Waals surface area contributed by atoms with Crippen molar-refractivity contribution in [3.8, 4) is 11.4 Å². The fraction of sp³-hybridized carbons (Fsp3) is 0.294. The molecule has 136 valence electrons. The first-order valence-electron chi connectivity index (χ1n) is 8.09. The maximum Gasteiger partial charge on any atom is 0.241 e. The van der Waals surface area contributed by atoms with Gasteiger partial charge in [-0.05, 0) is 31.3 Å². The van der Waals surface area contributed by atoms with Crippen LogP contribution in [0.15, 0.2) is 41.2 Å². The summed E-state index contributed by atoms with van der Waals surface area (Å²) >= 11 is 5.87. The molecule has 0 saturated carbocycles. The second-order valence-corrected chi connectivity index (χ2v) is 6.17. The Hall–Kier alpha value is -2.71. The van der Waals surface area contributed by atoms with Gasteiger partial charge in [-0.1, -0.05) is 16.8 Å². The third-order valence-corrected chi connectivity index (χ3v) is 4.07. The lowest BCUT2D eigenvalue weighted by atomic mass is 10.1. The van der Waals surface area contributed by atoms with E-state index in [0.29, 0.717) is 29.7 Å². The molecule has 1 atom stereocenters. The number of amides is 1. The molecule has 0 spiro atoms. The Balaban J connectivity index is 1.54. The first-order valence-corrected chi connectivity index (χ1v) is 8.46. The molecule has 0 bridgehead atoms. The summed E-state index contributed by atoms with van der Waals surface area (Å²) in [5, 5.41) is 14.5. The number of rotatable bonds is 7. The van der Waals surface area contributed by atoms with E-state index < -0.39 is 6.04 Å². The van der Waals surface area contributed by atoms with Crippen molar-refractivity contribution in [2.45, 2.75) is 12.5 Å². The standard InChI is InChI=1S/C17H19ClN6O2/c1-19-15(12-9-21-24(2)10-12)17(25)20-8-7-14-22-16(23-26-14)11-3-5-13(18)6-4-11/h3-6,9-10,15,19H,7-8H2,1-2H3,(H,20,25). The van der Waals surface area contributed by atoms with E-state index in [-0.39, 0.29) is 5.91 Å². The molecule has 0 radical (unpaired) electrons. The SMILES string of the molecule is CNC(C(=O)NCCc1nc(-c2ccc(Cl)cc2)no1)c1cnn(C)c1. The molecular weight excluding hydrogens is 356 g/mol. The Labute approximate surface area is 155 Å². The topological polar surface area (TPSA) is 97.9 Å². The van der Waals surface area contributed by atoms with Crippen molar-refractivity contribution in [3.05, 3.63) is 53.1 Å². The highest BCUT2D eigenvalue weighted by Gasteiger charge is 2.20. The molecule has 1 aromatic carbocycles. The highest BCUT2D eigenvalue weighted by atomic mass is 35.5. The summed E-state index contributed by atoms with van der Waals surface area (Å²) in [5.74, 6) is 0.807. The molecule has 3 rings (SSSR count). The van der Waals surface area contributed by atoms with Crippen LogP contribution in [0.4, 0.5) is 0 Å². The van der Waals surface area contributed by atoms with Crippen LogP contribution in [0.3, 0.4) is 0 Å². The van der Waals surface area contributed by atoms with E-state index in [1.54, 1.807) is 36.3 Å². The second-order valence-electron chi connectivity index (χ2n) is 5.73. The molecule has 3 aromatic rings. The molecule has 0 aliphatic heterocycles. The molecule has 1 amide bonds. The fourth-order valence-electron chi connectivity index (χ4n) is 2.51. The molecule has 8 nitrogen and oxygen atoms in total. The molecule has 0 fully saturated rings. The van der Waals surface area contributed by atoms with E-state index >= 15 is 0 Å². The van der Waals surface area contributed by atoms with Gasteiger partial charge in [0.1, 0.15) is 6.04 Å². The highest BCUT2D eigenvalue weighted by Crippen LogP contribution is 2.18. The van der Waals surface area contributed by atoms with Crippen LogP contribution < -0.4 is 10.6 Å². The van der Waals surface area contributed by atoms with Gasteiger partial charge in [-0.15, -0.1) is 0 Å². The third-order valence-electron chi connectivity index (χ3n) is 3.82. The third kappa shape index (κ3) is 4.27. The summed E-state index contributed by atoms with van der Waals surface area (Å²) in [7, 11) is 3.54. The van der Waals surface area contributed by atoms with Crippen LogP contribution in [0.5, 0.6) is 0 Å². The average molecular weight is 375 g/mol. The van der Waals surface area contributed by atoms with Gasteiger partial charge in [0.15, 0.2) is 0 Å². The van der Waals surface area contributed by atoms with E-state index in [0.717, 1.165) is 11.1 Å². The quantitative estimate of drug-likeness (QED) is 0.653. The van der Waals surface area contributed by atoms with Crippen molar-refractivity contribution in [2.24, 2.45) is 7.05 Å². The van der Waals surface area contributed by atoms with Gasteiger partial charge in [0.25, 0.3) is 0 Å². The summed E-state index contributed by atoms with van der Waals surface area (Å²) in [6.45, 7) is 0.388. The van der Waals surface area contributed by atoms with E-state index in [1.165, 1.54) is 0 Å². The number of nitrogens with one attached hydrogen (secondary N) is 2. The molecule has 2 heterocycles. The number of halogens is 1. The Morgan fingerprint density at radius 3 is 2.77 bits per heavy atom. The zero-order valence-corrected chi connectivity index (χ0v) is 15.2. The molecule has 0 aliphatic carbocycles. The maximum atomic E-state index is 12.3. The second kappa shape index (κ2) is 8.11. The predicted molar refractivity (Wildman–Crippen MR) is 96.5 cm³/mol. The number of nitrogens with zero attached hydrogens (tertiary/aromatic N) is 4. The lowest BCUT2D eigenvalue weighted by Gasteiger charge is -2.13. The zero-order chi connectivity index (χ0) is 18.5. The number of aromatic nitrogens is 4. The van der Waals surface area contributed by atoms with E-state index in [1.807, 2.05) is 19.2 Å². The van der Waals surface area contributed by atoms with E-state index in [4.69, 9.17) is 16.1 Å². The van der Waals surface area contributed by atoms with Gasteiger partial charge in [0, 0.05) is 42.4 Å². The van der Waals surface area contributed by atoms with Crippen molar-refractivity contribution >= 4 is 17.5 Å². The summed E-state index contributed by atoms with van der Waals surface area (Å²) in [5.41, 5.74) is 1.62. The molecule has 2 N–H and O–H groups in total. The molecule has 2 aromatic heterocycles. The van der Waals surface area contributed by atoms with Gasteiger partial charge in [-0.3, -0.25) is 9.48 Å². The monoisotopic (exact) mass is 374 g/mol. The van der Waals surface area contributed by atoms with Gasteiger partial charge in [-0.25, -0.2) is 0 Å². The minimum absolute atomic E-state index is 0.141. The van der Waals surface area contributed by atoms with Crippen molar-refractivity contribution in [2.75, 3.05) is 13.6 Å². The van der Waals surface area contributed by atoms with Crippen molar-refractivity contribution < 1.29 is 9.32 Å². The Kier molecular flexibility index (Phi) is 5.65. The van der Waals surface area contributed by atoms with Gasteiger partial charge in [-0.2, -0.15) is 10.1 Å². The lowest BCUT2D eigenvalue weighted by Crippen LogP contribution is -2.36. The smallest absolute Gasteiger partial charge is 0.241 e. The van der Waals surface area contributed by atoms with Crippen LogP contribution in [0.1, 0.15) is 17.5 Å². The number of likely N-dealkylation sites (N-methyl/N-ethyl adjacent to an activating group) is 1. The van der Waals surface area contributed by atoms with Crippen molar-refractivity contribution in [3.63, 3.8) is 0 Å². The first kappa shape index (κ1) is 18.1. The van der Waals surface area contributed by atoms with Crippen LogP contribution in [0.2, 0.25) is 5.02 Å². The first-order chi connectivity index (χ1) is 12.6. The Morgan fingerprint density at radius 1 is 1.35 bits per heavy atom. The Morgan fingerprint density at radius 2 is 2.12 bits per heavy atom. The van der Waals surface area contributed by atoms with E-state index in [2.05, 4.69) is 25.9 Å². The number of hydrogen-bond acceptors (Lipinski definition) is 6. The number of carbonyl (C=O) groups excluding carboxylic acids is 1. The van der Waals surface area contributed by atoms with E-state index in [9.17, 15) is 4.79 Å². The van der Waals surface area contributed by atoms with Crippen molar-refractivity contribution in [1.82, 2.24) is 30.6 Å². The molecule has 0 aliphatic rings. The van der Waals surface area contributed by atoms with Crippen LogP contribution in [-0.4, -0.2) is 39.4 Å². The number of hydrogen-bond donors (Lipinski definition) is 2. The fourth-order valence-corrected chi connectivity index (χ4v) is 2.63. The summed E-state index contributed by atoms with van der Waals surface area (Å²) in [6, 6.07) is 6.72. The Bertz CT molecular complexity index is 874. The molecule has 26 heavy (non-hydrogen) atoms. The molecule has 9 heteroatoms. The van der Waals surface area contributed by atoms with Gasteiger partial charge < -0.3 is 15.2 Å². The predicted octanol–water partition coefficient (Wildman–Crippen LogP) is 1.74. The van der Waals surface area contributed by atoms with Crippen LogP contribution in [0.25, 0.3) is 11.4 Å². The lowest BCUT2D eigenvalue weighted by molar-refractivity contribution is -0.123. The molecular formula is C17H19ClN6O2. The number of aryl methyl sites for hydroxylation is 1. The minimum Gasteiger partial charge on any atom is -0.354 e. The molecule has 1 unspecified atom stereocenters. The van der Waals surface area contributed by atoms with Gasteiger partial charge in [0.05, 0.1) is 6.20 Å². The highest BCUT2D eigenvalue weighted by molar-refractivity contribution is 6.30. The van der Waals surface area contributed by atoms with Crippen molar-refractivity contribution in [1.29, 1.82) is 0 Å². The maximum absolute atomic E-state index is 12.3. The van der Waals surface area contributed by atoms with Crippen LogP contribution >= 0.6 is 11.6 Å². The minimum atomic E-state index is -0.462. The molecule has 0 saturated heterocycles. The zero-order valence-electron chi connectivity index (χ0n) is 14.4. The summed E-state index contributed by atoms with van der Waals surface area (Å²) in [4.78, 5) is 16.7. The summed E-state index contributed by atoms with van der Waals surface area (Å²) in [6.07, 6.45) is 3.91. The normalized spacial score (nSPS) is 12.1.